The maximum absolute atomic E-state index is 10.9. The summed E-state index contributed by atoms with van der Waals surface area (Å²) in [5.74, 6) is -1.45. The van der Waals surface area contributed by atoms with E-state index in [2.05, 4.69) is 5.10 Å². The van der Waals surface area contributed by atoms with Gasteiger partial charge in [-0.3, -0.25) is 4.68 Å². The molecule has 12 heavy (non-hydrogen) atoms. The lowest BCUT2D eigenvalue weighted by atomic mass is 10.2. The zero-order valence-corrected chi connectivity index (χ0v) is 6.53. The van der Waals surface area contributed by atoms with E-state index in [-0.39, 0.29) is 12.1 Å². The van der Waals surface area contributed by atoms with Gasteiger partial charge in [-0.2, -0.15) is 5.10 Å². The predicted octanol–water partition coefficient (Wildman–Crippen LogP) is 1.07. The van der Waals surface area contributed by atoms with Crippen LogP contribution in [0.4, 0.5) is 0 Å². The number of hydrogen-bond acceptors (Lipinski definition) is 2. The van der Waals surface area contributed by atoms with Gasteiger partial charge in [0, 0.05) is 13.8 Å². The fourth-order valence-corrected chi connectivity index (χ4v) is 0.801. The second-order valence-corrected chi connectivity index (χ2v) is 2.16. The van der Waals surface area contributed by atoms with Crippen LogP contribution in [0.25, 0.3) is 0 Å². The molecule has 1 aromatic rings. The summed E-state index contributed by atoms with van der Waals surface area (Å²) in [6.45, 7) is -1.18. The number of nitrogens with zero attached hydrogens (tertiary/aromatic N) is 2. The maximum atomic E-state index is 10.9. The standard InChI is InChI=1S/C8H12N2O2/c1-3-4-6-5-7(8(11)12)10(2)9-6/h5H,3-4H2,1-2H3,(H,11,12)/i2D3,4D2. The minimum atomic E-state index is -2.74. The summed E-state index contributed by atoms with van der Waals surface area (Å²) in [5, 5.41) is 12.4. The number of aromatic nitrogens is 2. The highest BCUT2D eigenvalue weighted by molar-refractivity contribution is 5.85. The molecule has 0 saturated carbocycles. The van der Waals surface area contributed by atoms with Crippen molar-refractivity contribution in [1.82, 2.24) is 9.78 Å². The summed E-state index contributed by atoms with van der Waals surface area (Å²) in [7, 11) is 0. The average molecular weight is 173 g/mol. The minimum Gasteiger partial charge on any atom is -0.477 e. The molecule has 0 aliphatic rings. The first-order valence-electron chi connectivity index (χ1n) is 5.94. The molecule has 66 valence electrons. The van der Waals surface area contributed by atoms with Gasteiger partial charge in [-0.25, -0.2) is 4.79 Å². The van der Waals surface area contributed by atoms with E-state index in [1.807, 2.05) is 0 Å². The third-order valence-corrected chi connectivity index (χ3v) is 1.29. The van der Waals surface area contributed by atoms with E-state index in [1.165, 1.54) is 0 Å². The quantitative estimate of drug-likeness (QED) is 0.743. The van der Waals surface area contributed by atoms with Crippen LogP contribution in [-0.2, 0) is 13.3 Å². The number of carbonyl (C=O) groups is 1. The van der Waals surface area contributed by atoms with Crippen molar-refractivity contribution in [2.24, 2.45) is 6.98 Å². The zero-order valence-electron chi connectivity index (χ0n) is 11.5. The molecule has 1 N–H and O–H groups in total. The molecule has 0 bridgehead atoms. The van der Waals surface area contributed by atoms with Crippen molar-refractivity contribution in [3.05, 3.63) is 17.5 Å². The molecular formula is C8H12N2O2. The number of hydrogen-bond donors (Lipinski definition) is 1. The van der Waals surface area contributed by atoms with Crippen LogP contribution in [0.1, 0.15) is 36.4 Å². The summed E-state index contributed by atoms with van der Waals surface area (Å²) >= 11 is 0. The van der Waals surface area contributed by atoms with Gasteiger partial charge in [-0.05, 0) is 12.4 Å². The fraction of sp³-hybridized carbons (Fsp3) is 0.500. The summed E-state index contributed by atoms with van der Waals surface area (Å²) < 4.78 is 36.9. The Bertz CT molecular complexity index is 438. The third kappa shape index (κ3) is 1.64. The Labute approximate surface area is 77.8 Å². The molecule has 4 heteroatoms. The first-order chi connectivity index (χ1) is 7.59. The van der Waals surface area contributed by atoms with Crippen molar-refractivity contribution in [1.29, 1.82) is 0 Å². The Kier molecular flexibility index (Phi) is 1.15. The Balaban J connectivity index is 3.37. The lowest BCUT2D eigenvalue weighted by Gasteiger charge is -1.91. The molecule has 0 aliphatic carbocycles. The van der Waals surface area contributed by atoms with E-state index in [9.17, 15) is 4.79 Å². The van der Waals surface area contributed by atoms with E-state index >= 15 is 0 Å². The topological polar surface area (TPSA) is 55.1 Å². The van der Waals surface area contributed by atoms with Gasteiger partial charge in [0.05, 0.1) is 5.69 Å². The van der Waals surface area contributed by atoms with Gasteiger partial charge in [0.2, 0.25) is 0 Å². The number of rotatable bonds is 3. The largest absolute Gasteiger partial charge is 0.477 e. The number of carboxylic acid groups (broad SMARTS) is 1. The minimum absolute atomic E-state index is 0.0735. The lowest BCUT2D eigenvalue weighted by Crippen LogP contribution is -2.04. The Morgan fingerprint density at radius 1 is 2.00 bits per heavy atom. The normalized spacial score (nSPS) is 18.6. The van der Waals surface area contributed by atoms with Gasteiger partial charge in [-0.1, -0.05) is 13.3 Å². The molecule has 0 aliphatic heterocycles. The first kappa shape index (κ1) is 4.07. The van der Waals surface area contributed by atoms with Crippen LogP contribution in [0.2, 0.25) is 0 Å². The van der Waals surface area contributed by atoms with Gasteiger partial charge in [0.25, 0.3) is 0 Å². The van der Waals surface area contributed by atoms with Crippen LogP contribution in [0, 0.1) is 0 Å². The smallest absolute Gasteiger partial charge is 0.354 e. The second kappa shape index (κ2) is 3.38. The molecule has 4 nitrogen and oxygen atoms in total. The van der Waals surface area contributed by atoms with Crippen molar-refractivity contribution in [2.75, 3.05) is 0 Å². The highest BCUT2D eigenvalue weighted by Gasteiger charge is 2.10. The van der Waals surface area contributed by atoms with Gasteiger partial charge in [-0.15, -0.1) is 0 Å². The molecule has 0 radical (unpaired) electrons. The van der Waals surface area contributed by atoms with Crippen LogP contribution in [-0.4, -0.2) is 20.9 Å². The first-order valence-corrected chi connectivity index (χ1v) is 3.44. The van der Waals surface area contributed by atoms with Gasteiger partial charge < -0.3 is 5.11 Å². The molecule has 0 amide bonds. The maximum Gasteiger partial charge on any atom is 0.354 e. The van der Waals surface area contributed by atoms with E-state index < -0.39 is 25.0 Å². The highest BCUT2D eigenvalue weighted by Crippen LogP contribution is 2.04. The van der Waals surface area contributed by atoms with Gasteiger partial charge in [0.15, 0.2) is 0 Å². The summed E-state index contributed by atoms with van der Waals surface area (Å²) in [4.78, 5) is 10.9. The molecule has 0 saturated heterocycles. The van der Waals surface area contributed by atoms with E-state index in [0.29, 0.717) is 4.68 Å². The van der Waals surface area contributed by atoms with Gasteiger partial charge in [0.1, 0.15) is 5.69 Å². The molecule has 0 fully saturated rings. The molecule has 0 aromatic carbocycles. The molecule has 0 atom stereocenters. The fourth-order valence-electron chi connectivity index (χ4n) is 0.801. The number of aromatic carboxylic acids is 1. The summed E-state index contributed by atoms with van der Waals surface area (Å²) in [6, 6.07) is 0.957. The van der Waals surface area contributed by atoms with Crippen LogP contribution < -0.4 is 0 Å². The molecule has 0 spiro atoms. The van der Waals surface area contributed by atoms with Crippen LogP contribution in [0.15, 0.2) is 6.07 Å². The van der Waals surface area contributed by atoms with Crippen LogP contribution in [0.3, 0.4) is 0 Å². The van der Waals surface area contributed by atoms with E-state index in [4.69, 9.17) is 12.0 Å². The third-order valence-electron chi connectivity index (χ3n) is 1.29. The molecular weight excluding hydrogens is 156 g/mol. The lowest BCUT2D eigenvalue weighted by molar-refractivity contribution is 0.0685. The van der Waals surface area contributed by atoms with Crippen molar-refractivity contribution in [3.8, 4) is 0 Å². The highest BCUT2D eigenvalue weighted by atomic mass is 16.4. The number of aryl methyl sites for hydroxylation is 2. The SMILES string of the molecule is [2H]C([2H])(CC)c1cc(C(=O)O)n(C([2H])([2H])[2H])n1. The monoisotopic (exact) mass is 173 g/mol. The van der Waals surface area contributed by atoms with Crippen LogP contribution in [0.5, 0.6) is 0 Å². The van der Waals surface area contributed by atoms with E-state index in [1.54, 1.807) is 6.92 Å². The average Bonchev–Trinajstić information content (AvgIpc) is 2.61. The van der Waals surface area contributed by atoms with Crippen molar-refractivity contribution in [3.63, 3.8) is 0 Å². The molecule has 1 aromatic heterocycles. The summed E-state index contributed by atoms with van der Waals surface area (Å²) in [6.07, 6.45) is -1.77. The molecule has 1 rings (SSSR count). The summed E-state index contributed by atoms with van der Waals surface area (Å²) in [5.41, 5.74) is -0.731. The Morgan fingerprint density at radius 2 is 2.75 bits per heavy atom. The van der Waals surface area contributed by atoms with Crippen molar-refractivity contribution >= 4 is 5.97 Å². The molecule has 1 heterocycles. The molecule has 0 unspecified atom stereocenters. The predicted molar refractivity (Wildman–Crippen MR) is 44.2 cm³/mol. The van der Waals surface area contributed by atoms with E-state index in [0.717, 1.165) is 6.07 Å². The Morgan fingerprint density at radius 3 is 3.17 bits per heavy atom. The van der Waals surface area contributed by atoms with Crippen molar-refractivity contribution < 1.29 is 16.8 Å². The Hall–Kier alpha value is -1.32. The number of carboxylic acids is 1. The second-order valence-electron chi connectivity index (χ2n) is 2.16. The van der Waals surface area contributed by atoms with Crippen molar-refractivity contribution in [2.45, 2.75) is 19.7 Å². The van der Waals surface area contributed by atoms with Crippen LogP contribution >= 0.6 is 0 Å². The zero-order chi connectivity index (χ0) is 13.4. The van der Waals surface area contributed by atoms with Gasteiger partial charge >= 0.3 is 5.97 Å².